The molecule has 1 aliphatic heterocycles. The summed E-state index contributed by atoms with van der Waals surface area (Å²) in [6.45, 7) is 8.11. The van der Waals surface area contributed by atoms with Crippen molar-refractivity contribution in [3.63, 3.8) is 0 Å². The first kappa shape index (κ1) is 12.1. The molecule has 2 amide bonds. The van der Waals surface area contributed by atoms with Crippen molar-refractivity contribution >= 4 is 11.8 Å². The van der Waals surface area contributed by atoms with E-state index in [9.17, 15) is 9.59 Å². The lowest BCUT2D eigenvalue weighted by molar-refractivity contribution is -0.126. The molecule has 0 bridgehead atoms. The smallest absolute Gasteiger partial charge is 0.231 e. The van der Waals surface area contributed by atoms with Gasteiger partial charge in [-0.1, -0.05) is 30.2 Å². The quantitative estimate of drug-likeness (QED) is 0.556. The lowest BCUT2D eigenvalue weighted by Crippen LogP contribution is -2.33. The zero-order valence-corrected chi connectivity index (χ0v) is 10.8. The summed E-state index contributed by atoms with van der Waals surface area (Å²) in [4.78, 5) is 23.7. The van der Waals surface area contributed by atoms with Gasteiger partial charge >= 0.3 is 0 Å². The molecule has 2 rings (SSSR count). The van der Waals surface area contributed by atoms with Gasteiger partial charge in [0.25, 0.3) is 0 Å². The molecule has 1 heterocycles. The summed E-state index contributed by atoms with van der Waals surface area (Å²) in [7, 11) is 0. The van der Waals surface area contributed by atoms with E-state index in [4.69, 9.17) is 0 Å². The summed E-state index contributed by atoms with van der Waals surface area (Å²) in [5.74, 6) is -0.393. The fraction of sp³-hybridized carbons (Fsp3) is 0.571. The SMILES string of the molecule is CC(C)=C[C@@H]1C=C(C)[C@H](C)[C@@H]2C(=O)NC(=O)[C@@H]12. The van der Waals surface area contributed by atoms with Crippen LogP contribution in [0.2, 0.25) is 0 Å². The highest BCUT2D eigenvalue weighted by atomic mass is 16.2. The third-order valence-electron chi connectivity index (χ3n) is 3.89. The Hall–Kier alpha value is -1.38. The first-order chi connectivity index (χ1) is 7.91. The lowest BCUT2D eigenvalue weighted by Gasteiger charge is -2.32. The Balaban J connectivity index is 2.44. The maximum absolute atomic E-state index is 11.9. The van der Waals surface area contributed by atoms with Gasteiger partial charge in [0.1, 0.15) is 0 Å². The van der Waals surface area contributed by atoms with Crippen molar-refractivity contribution in [1.82, 2.24) is 5.32 Å². The summed E-state index contributed by atoms with van der Waals surface area (Å²) >= 11 is 0. The molecule has 1 aliphatic carbocycles. The van der Waals surface area contributed by atoms with Crippen LogP contribution in [0.25, 0.3) is 0 Å². The van der Waals surface area contributed by atoms with Gasteiger partial charge in [0.15, 0.2) is 0 Å². The van der Waals surface area contributed by atoms with Gasteiger partial charge in [-0.05, 0) is 26.7 Å². The number of allylic oxidation sites excluding steroid dienone is 4. The van der Waals surface area contributed by atoms with Crippen LogP contribution < -0.4 is 5.32 Å². The molecule has 92 valence electrons. The largest absolute Gasteiger partial charge is 0.296 e. The Morgan fingerprint density at radius 3 is 2.41 bits per heavy atom. The van der Waals surface area contributed by atoms with Gasteiger partial charge in [-0.15, -0.1) is 0 Å². The molecule has 0 aromatic heterocycles. The monoisotopic (exact) mass is 233 g/mol. The summed E-state index contributed by atoms with van der Waals surface area (Å²) in [6, 6.07) is 0. The van der Waals surface area contributed by atoms with E-state index in [0.717, 1.165) is 0 Å². The van der Waals surface area contributed by atoms with Gasteiger partial charge in [0.05, 0.1) is 11.8 Å². The topological polar surface area (TPSA) is 46.2 Å². The Kier molecular flexibility index (Phi) is 2.94. The standard InChI is InChI=1S/C14H19NO2/c1-7(2)5-10-6-8(3)9(4)11-12(10)14(17)15-13(11)16/h5-6,9-12H,1-4H3,(H,15,16,17)/t9-,10+,11-,12-/m0/s1. The zero-order chi connectivity index (χ0) is 12.7. The number of carbonyl (C=O) groups excluding carboxylic acids is 2. The molecule has 0 unspecified atom stereocenters. The molecule has 0 radical (unpaired) electrons. The van der Waals surface area contributed by atoms with Crippen LogP contribution in [0.1, 0.15) is 27.7 Å². The number of imide groups is 1. The molecule has 17 heavy (non-hydrogen) atoms. The summed E-state index contributed by atoms with van der Waals surface area (Å²) in [5, 5.41) is 2.47. The van der Waals surface area contributed by atoms with Crippen molar-refractivity contribution < 1.29 is 9.59 Å². The minimum Gasteiger partial charge on any atom is -0.296 e. The molecule has 0 aromatic carbocycles. The van der Waals surface area contributed by atoms with Crippen LogP contribution in [-0.2, 0) is 9.59 Å². The fourth-order valence-corrected chi connectivity index (χ4v) is 2.95. The van der Waals surface area contributed by atoms with Crippen LogP contribution in [0.4, 0.5) is 0 Å². The number of nitrogens with one attached hydrogen (secondary N) is 1. The van der Waals surface area contributed by atoms with Crippen molar-refractivity contribution in [1.29, 1.82) is 0 Å². The molecule has 1 fully saturated rings. The van der Waals surface area contributed by atoms with E-state index in [0.29, 0.717) is 0 Å². The number of hydrogen-bond acceptors (Lipinski definition) is 2. The Bertz CT molecular complexity index is 430. The summed E-state index contributed by atoms with van der Waals surface area (Å²) < 4.78 is 0. The van der Waals surface area contributed by atoms with Crippen molar-refractivity contribution in [2.75, 3.05) is 0 Å². The van der Waals surface area contributed by atoms with E-state index >= 15 is 0 Å². The van der Waals surface area contributed by atoms with Crippen LogP contribution in [0.5, 0.6) is 0 Å². The summed E-state index contributed by atoms with van der Waals surface area (Å²) in [5.41, 5.74) is 2.39. The number of hydrogen-bond donors (Lipinski definition) is 1. The van der Waals surface area contributed by atoms with Crippen LogP contribution in [-0.4, -0.2) is 11.8 Å². The molecule has 3 nitrogen and oxygen atoms in total. The van der Waals surface area contributed by atoms with Crippen LogP contribution in [0.3, 0.4) is 0 Å². The van der Waals surface area contributed by atoms with E-state index in [-0.39, 0.29) is 35.5 Å². The minimum atomic E-state index is -0.212. The van der Waals surface area contributed by atoms with Gasteiger partial charge in [-0.2, -0.15) is 0 Å². The molecule has 3 heteroatoms. The lowest BCUT2D eigenvalue weighted by atomic mass is 9.69. The highest BCUT2D eigenvalue weighted by Crippen LogP contribution is 2.42. The Labute approximate surface area is 102 Å². The number of rotatable bonds is 1. The van der Waals surface area contributed by atoms with Gasteiger partial charge in [0, 0.05) is 5.92 Å². The van der Waals surface area contributed by atoms with E-state index < -0.39 is 0 Å². The Morgan fingerprint density at radius 2 is 1.82 bits per heavy atom. The number of fused-ring (bicyclic) bond motifs is 1. The maximum Gasteiger partial charge on any atom is 0.231 e. The molecule has 2 aliphatic rings. The van der Waals surface area contributed by atoms with Gasteiger partial charge in [0.2, 0.25) is 11.8 Å². The predicted octanol–water partition coefficient (Wildman–Crippen LogP) is 2.05. The molecular weight excluding hydrogens is 214 g/mol. The molecule has 0 saturated carbocycles. The van der Waals surface area contributed by atoms with Crippen molar-refractivity contribution in [2.45, 2.75) is 27.7 Å². The molecular formula is C14H19NO2. The number of amides is 2. The molecule has 0 aromatic rings. The third kappa shape index (κ3) is 1.94. The molecule has 1 saturated heterocycles. The summed E-state index contributed by atoms with van der Waals surface area (Å²) in [6.07, 6.45) is 4.22. The first-order valence-electron chi connectivity index (χ1n) is 6.10. The minimum absolute atomic E-state index is 0.0626. The van der Waals surface area contributed by atoms with Crippen molar-refractivity contribution in [2.24, 2.45) is 23.7 Å². The second-order valence-electron chi connectivity index (χ2n) is 5.43. The second-order valence-corrected chi connectivity index (χ2v) is 5.43. The normalized spacial score (nSPS) is 36.1. The van der Waals surface area contributed by atoms with Gasteiger partial charge < -0.3 is 0 Å². The number of carbonyl (C=O) groups is 2. The van der Waals surface area contributed by atoms with E-state index in [1.807, 2.05) is 27.7 Å². The second kappa shape index (κ2) is 4.13. The predicted molar refractivity (Wildman–Crippen MR) is 66.0 cm³/mol. The van der Waals surface area contributed by atoms with E-state index in [1.165, 1.54) is 11.1 Å². The first-order valence-corrected chi connectivity index (χ1v) is 6.10. The van der Waals surface area contributed by atoms with Crippen molar-refractivity contribution in [3.05, 3.63) is 23.3 Å². The van der Waals surface area contributed by atoms with E-state index in [1.54, 1.807) is 0 Å². The fourth-order valence-electron chi connectivity index (χ4n) is 2.95. The zero-order valence-electron chi connectivity index (χ0n) is 10.8. The van der Waals surface area contributed by atoms with Crippen molar-refractivity contribution in [3.8, 4) is 0 Å². The van der Waals surface area contributed by atoms with Gasteiger partial charge in [-0.25, -0.2) is 0 Å². The van der Waals surface area contributed by atoms with Crippen LogP contribution >= 0.6 is 0 Å². The molecule has 0 spiro atoms. The molecule has 1 N–H and O–H groups in total. The average molecular weight is 233 g/mol. The van der Waals surface area contributed by atoms with Gasteiger partial charge in [-0.3, -0.25) is 14.9 Å². The molecule has 4 atom stereocenters. The van der Waals surface area contributed by atoms with E-state index in [2.05, 4.69) is 17.5 Å². The highest BCUT2D eigenvalue weighted by Gasteiger charge is 2.49. The Morgan fingerprint density at radius 1 is 1.24 bits per heavy atom. The average Bonchev–Trinajstić information content (AvgIpc) is 2.49. The third-order valence-corrected chi connectivity index (χ3v) is 3.89. The van der Waals surface area contributed by atoms with Crippen LogP contribution in [0.15, 0.2) is 23.3 Å². The maximum atomic E-state index is 11.9. The highest BCUT2D eigenvalue weighted by molar-refractivity contribution is 6.06. The van der Waals surface area contributed by atoms with Crippen LogP contribution in [0, 0.1) is 23.7 Å².